The number of amides is 2. The van der Waals surface area contributed by atoms with E-state index in [1.165, 1.54) is 0 Å². The molecular weight excluding hydrogens is 352 g/mol. The van der Waals surface area contributed by atoms with E-state index < -0.39 is 5.41 Å². The molecule has 0 aromatic heterocycles. The molecule has 0 unspecified atom stereocenters. The van der Waals surface area contributed by atoms with Crippen molar-refractivity contribution in [3.05, 3.63) is 65.7 Å². The Morgan fingerprint density at radius 1 is 1.04 bits per heavy atom. The SMILES string of the molecule is CC(C)(C(=O)NCCc1ccc(OCC(=O)NC2CC2)cc1)c1ccccc1. The number of rotatable bonds is 9. The molecular formula is C23H28N2O3. The van der Waals surface area contributed by atoms with Crippen LogP contribution in [0.15, 0.2) is 54.6 Å². The van der Waals surface area contributed by atoms with E-state index in [9.17, 15) is 9.59 Å². The largest absolute Gasteiger partial charge is 0.484 e. The summed E-state index contributed by atoms with van der Waals surface area (Å²) < 4.78 is 5.51. The van der Waals surface area contributed by atoms with Crippen LogP contribution in [-0.4, -0.2) is 31.0 Å². The van der Waals surface area contributed by atoms with E-state index in [0.717, 1.165) is 30.4 Å². The zero-order valence-corrected chi connectivity index (χ0v) is 16.5. The highest BCUT2D eigenvalue weighted by Crippen LogP contribution is 2.23. The first kappa shape index (κ1) is 19.9. The monoisotopic (exact) mass is 380 g/mol. The molecule has 0 aliphatic heterocycles. The van der Waals surface area contributed by atoms with Gasteiger partial charge in [0, 0.05) is 12.6 Å². The van der Waals surface area contributed by atoms with Gasteiger partial charge >= 0.3 is 0 Å². The minimum Gasteiger partial charge on any atom is -0.484 e. The molecule has 5 nitrogen and oxygen atoms in total. The highest BCUT2D eigenvalue weighted by atomic mass is 16.5. The molecule has 0 heterocycles. The highest BCUT2D eigenvalue weighted by Gasteiger charge is 2.29. The Morgan fingerprint density at radius 3 is 2.36 bits per heavy atom. The molecule has 1 aliphatic rings. The van der Waals surface area contributed by atoms with Crippen molar-refractivity contribution in [3.63, 3.8) is 0 Å². The van der Waals surface area contributed by atoms with Crippen LogP contribution in [0.3, 0.4) is 0 Å². The van der Waals surface area contributed by atoms with Crippen molar-refractivity contribution in [2.45, 2.75) is 44.6 Å². The van der Waals surface area contributed by atoms with Crippen LogP contribution in [-0.2, 0) is 21.4 Å². The first-order valence-electron chi connectivity index (χ1n) is 9.80. The molecule has 5 heteroatoms. The van der Waals surface area contributed by atoms with E-state index in [0.29, 0.717) is 18.3 Å². The summed E-state index contributed by atoms with van der Waals surface area (Å²) in [6.45, 7) is 4.48. The van der Waals surface area contributed by atoms with Crippen molar-refractivity contribution in [1.29, 1.82) is 0 Å². The van der Waals surface area contributed by atoms with Crippen molar-refractivity contribution in [2.75, 3.05) is 13.2 Å². The maximum Gasteiger partial charge on any atom is 0.258 e. The van der Waals surface area contributed by atoms with Crippen molar-refractivity contribution in [3.8, 4) is 5.75 Å². The Morgan fingerprint density at radius 2 is 1.71 bits per heavy atom. The number of carbonyl (C=O) groups is 2. The summed E-state index contributed by atoms with van der Waals surface area (Å²) in [5.74, 6) is 0.611. The molecule has 1 fully saturated rings. The van der Waals surface area contributed by atoms with Crippen LogP contribution < -0.4 is 15.4 Å². The van der Waals surface area contributed by atoms with E-state index in [2.05, 4.69) is 10.6 Å². The van der Waals surface area contributed by atoms with Gasteiger partial charge in [0.05, 0.1) is 5.41 Å². The summed E-state index contributed by atoms with van der Waals surface area (Å²) in [7, 11) is 0. The molecule has 2 aromatic rings. The first-order chi connectivity index (χ1) is 13.4. The van der Waals surface area contributed by atoms with E-state index >= 15 is 0 Å². The van der Waals surface area contributed by atoms with Crippen LogP contribution in [0.5, 0.6) is 5.75 Å². The van der Waals surface area contributed by atoms with E-state index in [-0.39, 0.29) is 18.4 Å². The van der Waals surface area contributed by atoms with Gasteiger partial charge in [-0.1, -0.05) is 42.5 Å². The van der Waals surface area contributed by atoms with Crippen LogP contribution >= 0.6 is 0 Å². The summed E-state index contributed by atoms with van der Waals surface area (Å²) in [6.07, 6.45) is 2.87. The van der Waals surface area contributed by atoms with Crippen LogP contribution in [0.25, 0.3) is 0 Å². The fourth-order valence-corrected chi connectivity index (χ4v) is 2.93. The Balaban J connectivity index is 1.42. The molecule has 0 atom stereocenters. The van der Waals surface area contributed by atoms with Crippen molar-refractivity contribution in [1.82, 2.24) is 10.6 Å². The maximum absolute atomic E-state index is 12.6. The number of benzene rings is 2. The van der Waals surface area contributed by atoms with Gasteiger partial charge in [-0.3, -0.25) is 9.59 Å². The third kappa shape index (κ3) is 5.59. The van der Waals surface area contributed by atoms with Gasteiger partial charge in [0.2, 0.25) is 5.91 Å². The van der Waals surface area contributed by atoms with Crippen molar-refractivity contribution in [2.24, 2.45) is 0 Å². The summed E-state index contributed by atoms with van der Waals surface area (Å²) in [6, 6.07) is 17.8. The molecule has 1 aliphatic carbocycles. The van der Waals surface area contributed by atoms with Gasteiger partial charge in [0.1, 0.15) is 5.75 Å². The lowest BCUT2D eigenvalue weighted by Gasteiger charge is -2.24. The number of carbonyl (C=O) groups excluding carboxylic acids is 2. The molecule has 0 radical (unpaired) electrons. The van der Waals surface area contributed by atoms with Gasteiger partial charge in [0.15, 0.2) is 6.61 Å². The van der Waals surface area contributed by atoms with Gasteiger partial charge in [0.25, 0.3) is 5.91 Å². The lowest BCUT2D eigenvalue weighted by Crippen LogP contribution is -2.40. The molecule has 2 amide bonds. The number of ether oxygens (including phenoxy) is 1. The zero-order valence-electron chi connectivity index (χ0n) is 16.5. The molecule has 0 bridgehead atoms. The molecule has 28 heavy (non-hydrogen) atoms. The van der Waals surface area contributed by atoms with Crippen LogP contribution in [0, 0.1) is 0 Å². The Kier molecular flexibility index (Phi) is 6.34. The third-order valence-electron chi connectivity index (χ3n) is 5.00. The van der Waals surface area contributed by atoms with Gasteiger partial charge in [-0.2, -0.15) is 0 Å². The molecule has 0 spiro atoms. The van der Waals surface area contributed by atoms with Crippen LogP contribution in [0.4, 0.5) is 0 Å². The average Bonchev–Trinajstić information content (AvgIpc) is 3.52. The fraction of sp³-hybridized carbons (Fsp3) is 0.391. The predicted octanol–water partition coefficient (Wildman–Crippen LogP) is 2.98. The minimum absolute atomic E-state index is 0.0142. The Hall–Kier alpha value is -2.82. The van der Waals surface area contributed by atoms with Gasteiger partial charge < -0.3 is 15.4 Å². The van der Waals surface area contributed by atoms with Gasteiger partial charge in [-0.15, -0.1) is 0 Å². The van der Waals surface area contributed by atoms with Crippen LogP contribution in [0.2, 0.25) is 0 Å². The second-order valence-electron chi connectivity index (χ2n) is 7.77. The second-order valence-corrected chi connectivity index (χ2v) is 7.77. The highest BCUT2D eigenvalue weighted by molar-refractivity contribution is 5.87. The predicted molar refractivity (Wildman–Crippen MR) is 109 cm³/mol. The third-order valence-corrected chi connectivity index (χ3v) is 5.00. The van der Waals surface area contributed by atoms with Gasteiger partial charge in [-0.25, -0.2) is 0 Å². The topological polar surface area (TPSA) is 67.4 Å². The maximum atomic E-state index is 12.6. The lowest BCUT2D eigenvalue weighted by molar-refractivity contribution is -0.125. The normalized spacial score (nSPS) is 13.6. The Bertz CT molecular complexity index is 796. The number of nitrogens with one attached hydrogen (secondary N) is 2. The average molecular weight is 380 g/mol. The molecule has 2 aromatic carbocycles. The first-order valence-corrected chi connectivity index (χ1v) is 9.80. The quantitative estimate of drug-likeness (QED) is 0.703. The minimum atomic E-state index is -0.569. The van der Waals surface area contributed by atoms with Gasteiger partial charge in [-0.05, 0) is 56.4 Å². The summed E-state index contributed by atoms with van der Waals surface area (Å²) in [5, 5.41) is 5.92. The summed E-state index contributed by atoms with van der Waals surface area (Å²) in [5.41, 5.74) is 1.53. The summed E-state index contributed by atoms with van der Waals surface area (Å²) >= 11 is 0. The lowest BCUT2D eigenvalue weighted by atomic mass is 9.84. The second kappa shape index (κ2) is 8.91. The standard InChI is InChI=1S/C23H28N2O3/c1-23(2,18-6-4-3-5-7-18)22(27)24-15-14-17-8-12-20(13-9-17)28-16-21(26)25-19-10-11-19/h3-9,12-13,19H,10-11,14-16H2,1-2H3,(H,24,27)(H,25,26). The molecule has 148 valence electrons. The smallest absolute Gasteiger partial charge is 0.258 e. The zero-order chi connectivity index (χ0) is 20.0. The fourth-order valence-electron chi connectivity index (χ4n) is 2.93. The summed E-state index contributed by atoms with van der Waals surface area (Å²) in [4.78, 5) is 24.2. The van der Waals surface area contributed by atoms with Crippen LogP contribution in [0.1, 0.15) is 37.8 Å². The van der Waals surface area contributed by atoms with Crippen molar-refractivity contribution >= 4 is 11.8 Å². The number of hydrogen-bond donors (Lipinski definition) is 2. The molecule has 2 N–H and O–H groups in total. The van der Waals surface area contributed by atoms with E-state index in [4.69, 9.17) is 4.74 Å². The molecule has 0 saturated heterocycles. The van der Waals surface area contributed by atoms with E-state index in [1.807, 2.05) is 68.4 Å². The molecule has 3 rings (SSSR count). The Labute approximate surface area is 166 Å². The van der Waals surface area contributed by atoms with Crippen molar-refractivity contribution < 1.29 is 14.3 Å². The van der Waals surface area contributed by atoms with E-state index in [1.54, 1.807) is 0 Å². The number of hydrogen-bond acceptors (Lipinski definition) is 3. The molecule has 1 saturated carbocycles.